The van der Waals surface area contributed by atoms with Crippen molar-refractivity contribution in [2.24, 2.45) is 0 Å². The van der Waals surface area contributed by atoms with E-state index >= 15 is 0 Å². The highest BCUT2D eigenvalue weighted by Crippen LogP contribution is 2.41. The number of nitrogens with zero attached hydrogens (tertiary/aromatic N) is 2. The molecule has 0 atom stereocenters. The van der Waals surface area contributed by atoms with Crippen molar-refractivity contribution in [1.82, 2.24) is 4.57 Å². The number of thiophene rings is 1. The van der Waals surface area contributed by atoms with E-state index < -0.39 is 0 Å². The molecule has 100 valence electrons. The summed E-state index contributed by atoms with van der Waals surface area (Å²) in [6, 6.07) is 6.40. The third kappa shape index (κ3) is 1.76. The number of nitriles is 1. The van der Waals surface area contributed by atoms with Crippen LogP contribution in [-0.4, -0.2) is 10.5 Å². The van der Waals surface area contributed by atoms with Crippen LogP contribution in [0.3, 0.4) is 0 Å². The van der Waals surface area contributed by atoms with Crippen molar-refractivity contribution in [3.05, 3.63) is 39.5 Å². The first-order valence-electron chi connectivity index (χ1n) is 6.62. The fourth-order valence-electron chi connectivity index (χ4n) is 2.86. The zero-order valence-electron chi connectivity index (χ0n) is 11.5. The maximum absolute atomic E-state index is 11.1. The molecule has 0 bridgehead atoms. The third-order valence-electron chi connectivity index (χ3n) is 3.80. The van der Waals surface area contributed by atoms with Crippen LogP contribution in [0, 0.1) is 25.2 Å². The molecule has 4 heteroatoms. The number of rotatable bonds is 1. The number of carbonyl (C=O) groups excluding carboxylic acids is 1. The quantitative estimate of drug-likeness (QED) is 0.750. The first-order chi connectivity index (χ1) is 9.67. The van der Waals surface area contributed by atoms with Crippen LogP contribution in [-0.2, 0) is 11.2 Å². The summed E-state index contributed by atoms with van der Waals surface area (Å²) in [5.74, 6) is 2.04. The van der Waals surface area contributed by atoms with E-state index in [1.807, 2.05) is 31.9 Å². The van der Waals surface area contributed by atoms with Gasteiger partial charge in [-0.3, -0.25) is 0 Å². The smallest absolute Gasteiger partial charge is 0.128 e. The summed E-state index contributed by atoms with van der Waals surface area (Å²) < 4.78 is 2.10. The summed E-state index contributed by atoms with van der Waals surface area (Å²) in [5.41, 5.74) is 4.35. The third-order valence-corrected chi connectivity index (χ3v) is 5.04. The Bertz CT molecular complexity index is 763. The average molecular weight is 282 g/mol. The van der Waals surface area contributed by atoms with Gasteiger partial charge in [0.05, 0.1) is 5.56 Å². The minimum Gasteiger partial charge on any atom is -0.309 e. The molecule has 0 aromatic carbocycles. The molecule has 0 aliphatic heterocycles. The summed E-state index contributed by atoms with van der Waals surface area (Å²) in [6.45, 7) is 4.06. The molecule has 2 aromatic rings. The van der Waals surface area contributed by atoms with Gasteiger partial charge in [-0.25, -0.2) is 4.79 Å². The summed E-state index contributed by atoms with van der Waals surface area (Å²) in [6.07, 6.45) is 2.64. The second-order valence-corrected chi connectivity index (χ2v) is 6.16. The zero-order valence-corrected chi connectivity index (χ0v) is 12.3. The molecule has 0 N–H and O–H groups in total. The van der Waals surface area contributed by atoms with Gasteiger partial charge in [0, 0.05) is 27.4 Å². The number of aromatic nitrogens is 1. The van der Waals surface area contributed by atoms with Gasteiger partial charge in [-0.2, -0.15) is 5.26 Å². The first kappa shape index (κ1) is 12.9. The van der Waals surface area contributed by atoms with E-state index in [4.69, 9.17) is 0 Å². The normalized spacial score (nSPS) is 13.8. The summed E-state index contributed by atoms with van der Waals surface area (Å²) >= 11 is 1.63. The van der Waals surface area contributed by atoms with E-state index in [1.54, 1.807) is 11.3 Å². The Morgan fingerprint density at radius 3 is 2.55 bits per heavy atom. The van der Waals surface area contributed by atoms with Gasteiger partial charge in [0.1, 0.15) is 17.0 Å². The van der Waals surface area contributed by atoms with Crippen molar-refractivity contribution in [2.45, 2.75) is 33.1 Å². The Labute approximate surface area is 121 Å². The van der Waals surface area contributed by atoms with E-state index in [0.717, 1.165) is 46.1 Å². The number of hydrogen-bond donors (Lipinski definition) is 0. The van der Waals surface area contributed by atoms with Gasteiger partial charge >= 0.3 is 0 Å². The van der Waals surface area contributed by atoms with E-state index in [1.165, 1.54) is 0 Å². The van der Waals surface area contributed by atoms with Crippen molar-refractivity contribution in [1.29, 1.82) is 5.26 Å². The van der Waals surface area contributed by atoms with Gasteiger partial charge in [-0.05, 0) is 45.2 Å². The number of hydrogen-bond acceptors (Lipinski definition) is 3. The molecule has 0 spiro atoms. The van der Waals surface area contributed by atoms with Gasteiger partial charge in [-0.1, -0.05) is 0 Å². The molecule has 0 radical (unpaired) electrons. The van der Waals surface area contributed by atoms with Crippen LogP contribution in [0.25, 0.3) is 10.6 Å². The second kappa shape index (κ2) is 4.79. The molecule has 2 heterocycles. The standard InChI is InChI=1S/C16H14N2OS/c1-10-6-7-11(2)18(10)16-13(8-17)15-12(9-19)4-3-5-14(15)20-16/h6-7H,3-5H2,1-2H3. The molecule has 20 heavy (non-hydrogen) atoms. The Kier molecular flexibility index (Phi) is 3.10. The molecule has 0 unspecified atom stereocenters. The lowest BCUT2D eigenvalue weighted by molar-refractivity contribution is 0.568. The van der Waals surface area contributed by atoms with Crippen LogP contribution < -0.4 is 0 Å². The number of aryl methyl sites for hydroxylation is 3. The van der Waals surface area contributed by atoms with Crippen molar-refractivity contribution < 1.29 is 4.79 Å². The summed E-state index contributed by atoms with van der Waals surface area (Å²) in [4.78, 5) is 12.3. The van der Waals surface area contributed by atoms with Crippen LogP contribution in [0.15, 0.2) is 12.1 Å². The molecule has 2 aromatic heterocycles. The fourth-order valence-corrected chi connectivity index (χ4v) is 4.30. The highest BCUT2D eigenvalue weighted by Gasteiger charge is 2.26. The molecule has 1 aliphatic rings. The minimum absolute atomic E-state index is 0.630. The molecule has 3 rings (SSSR count). The Balaban J connectivity index is 2.33. The van der Waals surface area contributed by atoms with Crippen molar-refractivity contribution in [3.63, 3.8) is 0 Å². The Morgan fingerprint density at radius 1 is 1.25 bits per heavy atom. The second-order valence-electron chi connectivity index (χ2n) is 5.08. The van der Waals surface area contributed by atoms with E-state index in [0.29, 0.717) is 11.1 Å². The molecule has 0 saturated carbocycles. The van der Waals surface area contributed by atoms with Crippen molar-refractivity contribution in [3.8, 4) is 11.1 Å². The SMILES string of the molecule is Cc1ccc(C)n1-c1sc2c(c1C#N)C(=C=O)CCC2. The molecule has 0 fully saturated rings. The van der Waals surface area contributed by atoms with Crippen molar-refractivity contribution >= 4 is 22.9 Å². The van der Waals surface area contributed by atoms with Gasteiger partial charge in [-0.15, -0.1) is 11.3 Å². The van der Waals surface area contributed by atoms with Gasteiger partial charge in [0.25, 0.3) is 0 Å². The van der Waals surface area contributed by atoms with Gasteiger partial charge in [0.15, 0.2) is 0 Å². The first-order valence-corrected chi connectivity index (χ1v) is 7.44. The highest BCUT2D eigenvalue weighted by molar-refractivity contribution is 7.15. The molecule has 1 aliphatic carbocycles. The predicted octanol–water partition coefficient (Wildman–Crippen LogP) is 3.58. The monoisotopic (exact) mass is 282 g/mol. The number of allylic oxidation sites excluding steroid dienone is 1. The number of fused-ring (bicyclic) bond motifs is 1. The van der Waals surface area contributed by atoms with Gasteiger partial charge in [0.2, 0.25) is 0 Å². The van der Waals surface area contributed by atoms with Crippen LogP contribution >= 0.6 is 11.3 Å². The molecular weight excluding hydrogens is 268 g/mol. The van der Waals surface area contributed by atoms with Crippen LogP contribution in [0.1, 0.15) is 40.2 Å². The lowest BCUT2D eigenvalue weighted by atomic mass is 9.91. The van der Waals surface area contributed by atoms with E-state index in [-0.39, 0.29) is 0 Å². The predicted molar refractivity (Wildman–Crippen MR) is 79.9 cm³/mol. The topological polar surface area (TPSA) is 45.8 Å². The highest BCUT2D eigenvalue weighted by atomic mass is 32.1. The lowest BCUT2D eigenvalue weighted by Gasteiger charge is -2.11. The lowest BCUT2D eigenvalue weighted by Crippen LogP contribution is -2.01. The van der Waals surface area contributed by atoms with Gasteiger partial charge < -0.3 is 4.57 Å². The molecule has 3 nitrogen and oxygen atoms in total. The van der Waals surface area contributed by atoms with Crippen molar-refractivity contribution in [2.75, 3.05) is 0 Å². The van der Waals surface area contributed by atoms with E-state index in [2.05, 4.69) is 10.6 Å². The maximum atomic E-state index is 11.1. The van der Waals surface area contributed by atoms with Crippen LogP contribution in [0.5, 0.6) is 0 Å². The molecule has 0 saturated heterocycles. The van der Waals surface area contributed by atoms with E-state index in [9.17, 15) is 10.1 Å². The van der Waals surface area contributed by atoms with Crippen LogP contribution in [0.4, 0.5) is 0 Å². The Hall–Kier alpha value is -2.08. The fraction of sp³-hybridized carbons (Fsp3) is 0.312. The largest absolute Gasteiger partial charge is 0.309 e. The Morgan fingerprint density at radius 2 is 1.95 bits per heavy atom. The summed E-state index contributed by atoms with van der Waals surface area (Å²) in [5, 5.41) is 10.5. The summed E-state index contributed by atoms with van der Waals surface area (Å²) in [7, 11) is 0. The molecule has 0 amide bonds. The average Bonchev–Trinajstić information content (AvgIpc) is 2.98. The minimum atomic E-state index is 0.630. The molecular formula is C16H14N2OS. The van der Waals surface area contributed by atoms with Crippen LogP contribution in [0.2, 0.25) is 0 Å². The zero-order chi connectivity index (χ0) is 14.3. The maximum Gasteiger partial charge on any atom is 0.128 e.